The molecular weight excluding hydrogens is 294 g/mol. The van der Waals surface area contributed by atoms with Gasteiger partial charge in [-0.1, -0.05) is 60.8 Å². The Morgan fingerprint density at radius 2 is 2.09 bits per heavy atom. The molecule has 1 unspecified atom stereocenters. The van der Waals surface area contributed by atoms with E-state index in [2.05, 4.69) is 5.32 Å². The third-order valence-corrected chi connectivity index (χ3v) is 4.02. The maximum absolute atomic E-state index is 12.1. The molecule has 0 radical (unpaired) electrons. The van der Waals surface area contributed by atoms with Crippen molar-refractivity contribution in [1.82, 2.24) is 5.32 Å². The average Bonchev–Trinajstić information content (AvgIpc) is 2.55. The van der Waals surface area contributed by atoms with E-state index in [-0.39, 0.29) is 18.4 Å². The summed E-state index contributed by atoms with van der Waals surface area (Å²) in [6, 6.07) is 9.97. The number of ketones is 1. The van der Waals surface area contributed by atoms with Crippen molar-refractivity contribution in [1.29, 1.82) is 0 Å². The van der Waals surface area contributed by atoms with Gasteiger partial charge < -0.3 is 10.4 Å². The van der Waals surface area contributed by atoms with Crippen LogP contribution in [0.1, 0.15) is 18.4 Å². The van der Waals surface area contributed by atoms with E-state index in [0.717, 1.165) is 11.3 Å². The zero-order valence-corrected chi connectivity index (χ0v) is 13.3. The van der Waals surface area contributed by atoms with Gasteiger partial charge in [0.15, 0.2) is 5.78 Å². The summed E-state index contributed by atoms with van der Waals surface area (Å²) < 4.78 is 0. The van der Waals surface area contributed by atoms with Gasteiger partial charge in [-0.2, -0.15) is 0 Å². The summed E-state index contributed by atoms with van der Waals surface area (Å²) in [4.78, 5) is 12.9. The van der Waals surface area contributed by atoms with Crippen LogP contribution in [-0.2, 0) is 11.2 Å². The zero-order valence-electron chi connectivity index (χ0n) is 12.5. The lowest BCUT2D eigenvalue weighted by molar-refractivity contribution is -0.115. The lowest BCUT2D eigenvalue weighted by atomic mass is 9.99. The Labute approximate surface area is 136 Å². The molecule has 0 fully saturated rings. The SMILES string of the molecule is O=C(CCNC(CO)Cc1ccccc1)C1=CC=CCC1=S. The molecular formula is C18H21NO2S. The molecule has 22 heavy (non-hydrogen) atoms. The molecule has 1 aliphatic carbocycles. The molecule has 1 aliphatic rings. The lowest BCUT2D eigenvalue weighted by Crippen LogP contribution is -2.36. The highest BCUT2D eigenvalue weighted by Gasteiger charge is 2.15. The summed E-state index contributed by atoms with van der Waals surface area (Å²) in [5.41, 5.74) is 1.82. The predicted octanol–water partition coefficient (Wildman–Crippen LogP) is 2.39. The quantitative estimate of drug-likeness (QED) is 0.723. The van der Waals surface area contributed by atoms with Crippen molar-refractivity contribution in [3.8, 4) is 0 Å². The summed E-state index contributed by atoms with van der Waals surface area (Å²) in [6.45, 7) is 0.591. The van der Waals surface area contributed by atoms with E-state index in [0.29, 0.717) is 25.0 Å². The molecule has 4 heteroatoms. The highest BCUT2D eigenvalue weighted by Crippen LogP contribution is 2.12. The monoisotopic (exact) mass is 315 g/mol. The van der Waals surface area contributed by atoms with E-state index >= 15 is 0 Å². The van der Waals surface area contributed by atoms with Gasteiger partial charge in [0.1, 0.15) is 0 Å². The van der Waals surface area contributed by atoms with Crippen LogP contribution in [0.15, 0.2) is 54.1 Å². The van der Waals surface area contributed by atoms with Gasteiger partial charge in [-0.25, -0.2) is 0 Å². The first-order valence-electron chi connectivity index (χ1n) is 7.52. The minimum Gasteiger partial charge on any atom is -0.395 e. The van der Waals surface area contributed by atoms with E-state index in [1.165, 1.54) is 5.56 Å². The number of carbonyl (C=O) groups is 1. The van der Waals surface area contributed by atoms with Gasteiger partial charge in [-0.15, -0.1) is 0 Å². The van der Waals surface area contributed by atoms with Crippen LogP contribution >= 0.6 is 12.2 Å². The second-order valence-corrected chi connectivity index (χ2v) is 5.83. The molecule has 1 aromatic rings. The number of nitrogens with one attached hydrogen (secondary N) is 1. The van der Waals surface area contributed by atoms with E-state index in [1.54, 1.807) is 6.08 Å². The van der Waals surface area contributed by atoms with Gasteiger partial charge in [0.05, 0.1) is 6.61 Å². The van der Waals surface area contributed by atoms with E-state index in [4.69, 9.17) is 12.2 Å². The van der Waals surface area contributed by atoms with Gasteiger partial charge in [-0.05, 0) is 12.0 Å². The Morgan fingerprint density at radius 1 is 1.32 bits per heavy atom. The third kappa shape index (κ3) is 4.98. The number of benzene rings is 1. The fourth-order valence-electron chi connectivity index (χ4n) is 2.42. The molecule has 2 N–H and O–H groups in total. The summed E-state index contributed by atoms with van der Waals surface area (Å²) in [5.74, 6) is 0.0678. The number of hydrogen-bond donors (Lipinski definition) is 2. The second-order valence-electron chi connectivity index (χ2n) is 5.33. The number of thiocarbonyl (C=S) groups is 1. The minimum absolute atomic E-state index is 0.0395. The van der Waals surface area contributed by atoms with Crippen LogP contribution in [0.5, 0.6) is 0 Å². The van der Waals surface area contributed by atoms with Crippen LogP contribution in [0.2, 0.25) is 0 Å². The normalized spacial score (nSPS) is 15.5. The second kappa shape index (κ2) is 8.73. The van der Waals surface area contributed by atoms with Crippen molar-refractivity contribution in [3.63, 3.8) is 0 Å². The van der Waals surface area contributed by atoms with Crippen LogP contribution < -0.4 is 5.32 Å². The number of aliphatic hydroxyl groups is 1. The van der Waals surface area contributed by atoms with Crippen LogP contribution in [0.4, 0.5) is 0 Å². The number of hydrogen-bond acceptors (Lipinski definition) is 4. The average molecular weight is 315 g/mol. The van der Waals surface area contributed by atoms with Gasteiger partial charge in [0.2, 0.25) is 0 Å². The van der Waals surface area contributed by atoms with E-state index in [1.807, 2.05) is 42.5 Å². The first kappa shape index (κ1) is 16.7. The van der Waals surface area contributed by atoms with E-state index < -0.39 is 0 Å². The molecule has 3 nitrogen and oxygen atoms in total. The van der Waals surface area contributed by atoms with Gasteiger partial charge >= 0.3 is 0 Å². The molecule has 116 valence electrons. The number of Topliss-reactive ketones (excluding diaryl/α,β-unsaturated/α-hetero) is 1. The Hall–Kier alpha value is -1.62. The summed E-state index contributed by atoms with van der Waals surface area (Å²) in [6.07, 6.45) is 7.44. The van der Waals surface area contributed by atoms with Crippen molar-refractivity contribution in [2.45, 2.75) is 25.3 Å². The third-order valence-electron chi connectivity index (χ3n) is 3.63. The van der Waals surface area contributed by atoms with Crippen LogP contribution in [0.3, 0.4) is 0 Å². The maximum Gasteiger partial charge on any atom is 0.165 e. The molecule has 0 aromatic heterocycles. The largest absolute Gasteiger partial charge is 0.395 e. The number of carbonyl (C=O) groups excluding carboxylic acids is 1. The highest BCUT2D eigenvalue weighted by atomic mass is 32.1. The fourth-order valence-corrected chi connectivity index (χ4v) is 2.69. The molecule has 0 aliphatic heterocycles. The Kier molecular flexibility index (Phi) is 6.65. The molecule has 0 heterocycles. The molecule has 1 atom stereocenters. The summed E-state index contributed by atoms with van der Waals surface area (Å²) >= 11 is 5.21. The summed E-state index contributed by atoms with van der Waals surface area (Å²) in [5, 5.41) is 12.7. The minimum atomic E-state index is -0.0395. The molecule has 0 saturated carbocycles. The smallest absolute Gasteiger partial charge is 0.165 e. The maximum atomic E-state index is 12.1. The van der Waals surface area contributed by atoms with Crippen LogP contribution in [0, 0.1) is 0 Å². The molecule has 0 saturated heterocycles. The number of allylic oxidation sites excluding steroid dienone is 4. The first-order chi connectivity index (χ1) is 10.7. The summed E-state index contributed by atoms with van der Waals surface area (Å²) in [7, 11) is 0. The van der Waals surface area contributed by atoms with Gasteiger partial charge in [-0.3, -0.25) is 4.79 Å². The van der Waals surface area contributed by atoms with Crippen molar-refractivity contribution in [2.75, 3.05) is 13.2 Å². The Bertz CT molecular complexity index is 578. The highest BCUT2D eigenvalue weighted by molar-refractivity contribution is 7.81. The number of aliphatic hydroxyl groups excluding tert-OH is 1. The van der Waals surface area contributed by atoms with Crippen molar-refractivity contribution in [2.24, 2.45) is 0 Å². The van der Waals surface area contributed by atoms with Crippen molar-refractivity contribution in [3.05, 3.63) is 59.7 Å². The van der Waals surface area contributed by atoms with Gasteiger partial charge in [0.25, 0.3) is 0 Å². The molecule has 2 rings (SSSR count). The lowest BCUT2D eigenvalue weighted by Gasteiger charge is -2.16. The molecule has 0 amide bonds. The van der Waals surface area contributed by atoms with E-state index in [9.17, 15) is 9.90 Å². The predicted molar refractivity (Wildman–Crippen MR) is 93.1 cm³/mol. The zero-order chi connectivity index (χ0) is 15.8. The first-order valence-corrected chi connectivity index (χ1v) is 7.93. The number of rotatable bonds is 8. The van der Waals surface area contributed by atoms with Gasteiger partial charge in [0, 0.05) is 35.9 Å². The molecule has 0 bridgehead atoms. The molecule has 0 spiro atoms. The van der Waals surface area contributed by atoms with Crippen LogP contribution in [-0.4, -0.2) is 34.9 Å². The standard InChI is InChI=1S/C18H21NO2S/c20-13-15(12-14-6-2-1-3-7-14)19-11-10-17(21)16-8-4-5-9-18(16)22/h1-8,15,19-20H,9-13H2. The fraction of sp³-hybridized carbons (Fsp3) is 0.333. The topological polar surface area (TPSA) is 49.3 Å². The van der Waals surface area contributed by atoms with Crippen molar-refractivity contribution >= 4 is 22.9 Å². The van der Waals surface area contributed by atoms with Crippen molar-refractivity contribution < 1.29 is 9.90 Å². The van der Waals surface area contributed by atoms with Crippen LogP contribution in [0.25, 0.3) is 0 Å². The Morgan fingerprint density at radius 3 is 2.77 bits per heavy atom. The Balaban J connectivity index is 1.79. The molecule has 1 aromatic carbocycles.